The van der Waals surface area contributed by atoms with Crippen LogP contribution in [0.5, 0.6) is 0 Å². The van der Waals surface area contributed by atoms with E-state index in [1.54, 1.807) is 24.0 Å². The third-order valence-electron chi connectivity index (χ3n) is 6.69. The molecule has 0 saturated carbocycles. The van der Waals surface area contributed by atoms with Crippen LogP contribution in [0.1, 0.15) is 42.2 Å². The van der Waals surface area contributed by atoms with E-state index in [4.69, 9.17) is 14.6 Å². The van der Waals surface area contributed by atoms with Gasteiger partial charge in [-0.05, 0) is 39.2 Å². The Morgan fingerprint density at radius 2 is 2.00 bits per heavy atom. The van der Waals surface area contributed by atoms with Crippen LogP contribution in [0.4, 0.5) is 10.1 Å². The monoisotopic (exact) mass is 463 g/mol. The molecule has 0 aromatic carbocycles. The molecule has 2 aromatic rings. The van der Waals surface area contributed by atoms with E-state index in [9.17, 15) is 14.3 Å². The van der Waals surface area contributed by atoms with Crippen molar-refractivity contribution in [3.05, 3.63) is 41.7 Å². The molecule has 2 aliphatic heterocycles. The van der Waals surface area contributed by atoms with Crippen molar-refractivity contribution in [1.82, 2.24) is 20.1 Å². The van der Waals surface area contributed by atoms with Crippen molar-refractivity contribution in [2.75, 3.05) is 24.6 Å². The van der Waals surface area contributed by atoms with Gasteiger partial charge in [-0.2, -0.15) is 5.10 Å². The highest BCUT2D eigenvalue weighted by Crippen LogP contribution is 2.41. The van der Waals surface area contributed by atoms with Gasteiger partial charge in [0.25, 0.3) is 12.4 Å². The third kappa shape index (κ3) is 4.83. The maximum Gasteiger partial charge on any atom is 0.290 e. The molecule has 180 valence electrons. The minimum atomic E-state index is -0.885. The van der Waals surface area contributed by atoms with Gasteiger partial charge in [0.1, 0.15) is 6.10 Å². The number of aliphatic hydroxyl groups is 1. The molecule has 4 rings (SSSR count). The van der Waals surface area contributed by atoms with Crippen molar-refractivity contribution in [3.63, 3.8) is 0 Å². The second-order valence-electron chi connectivity index (χ2n) is 8.62. The molecule has 2 aliphatic rings. The Bertz CT molecular complexity index is 991. The number of halogens is 1. The standard InChI is InChI=1S/C21H28FN5O3.CH2O2/c1-14-15(12-24-26(14)3)18(28)25-20(2)7-11-30-21(19(20)29)5-9-27(10-6-21)17-4-8-23-13-16(17)22;2-1-3/h4,8,12-13,19,29H,5-7,9-11H2,1-3H3,(H,25,28);1H,(H,2,3)/t19-,20+;/m0./s1. The van der Waals surface area contributed by atoms with Crippen LogP contribution in [-0.4, -0.2) is 74.3 Å². The Balaban J connectivity index is 0.000000968. The third-order valence-corrected chi connectivity index (χ3v) is 6.69. The zero-order valence-electron chi connectivity index (χ0n) is 19.0. The number of pyridine rings is 1. The van der Waals surface area contributed by atoms with Crippen LogP contribution in [0, 0.1) is 12.7 Å². The van der Waals surface area contributed by atoms with Crippen molar-refractivity contribution in [2.45, 2.75) is 50.4 Å². The van der Waals surface area contributed by atoms with E-state index in [0.29, 0.717) is 50.2 Å². The topological polar surface area (TPSA) is 130 Å². The number of hydrogen-bond acceptors (Lipinski definition) is 7. The number of hydrogen-bond donors (Lipinski definition) is 3. The van der Waals surface area contributed by atoms with Gasteiger partial charge in [-0.1, -0.05) is 0 Å². The van der Waals surface area contributed by atoms with E-state index in [2.05, 4.69) is 15.4 Å². The number of aromatic nitrogens is 3. The first-order valence-electron chi connectivity index (χ1n) is 10.7. The van der Waals surface area contributed by atoms with Gasteiger partial charge in [-0.15, -0.1) is 0 Å². The minimum Gasteiger partial charge on any atom is -0.483 e. The smallest absolute Gasteiger partial charge is 0.290 e. The van der Waals surface area contributed by atoms with Crippen LogP contribution < -0.4 is 10.2 Å². The molecule has 33 heavy (non-hydrogen) atoms. The van der Waals surface area contributed by atoms with E-state index in [1.165, 1.54) is 12.4 Å². The van der Waals surface area contributed by atoms with E-state index in [0.717, 1.165) is 5.69 Å². The van der Waals surface area contributed by atoms with E-state index >= 15 is 0 Å². The number of anilines is 1. The first-order valence-corrected chi connectivity index (χ1v) is 10.7. The average molecular weight is 464 g/mol. The summed E-state index contributed by atoms with van der Waals surface area (Å²) < 4.78 is 21.8. The lowest BCUT2D eigenvalue weighted by Gasteiger charge is -2.53. The molecule has 4 heterocycles. The number of carbonyl (C=O) groups is 2. The van der Waals surface area contributed by atoms with Crippen LogP contribution in [0.25, 0.3) is 0 Å². The second-order valence-corrected chi connectivity index (χ2v) is 8.62. The van der Waals surface area contributed by atoms with Crippen LogP contribution in [0.2, 0.25) is 0 Å². The number of amides is 1. The molecule has 3 N–H and O–H groups in total. The maximum atomic E-state index is 14.1. The van der Waals surface area contributed by atoms with Crippen molar-refractivity contribution in [2.24, 2.45) is 7.05 Å². The summed E-state index contributed by atoms with van der Waals surface area (Å²) in [5, 5.41) is 25.4. The molecule has 2 atom stereocenters. The summed E-state index contributed by atoms with van der Waals surface area (Å²) in [6.45, 7) is 4.97. The number of ether oxygens (including phenoxy) is 1. The molecule has 2 saturated heterocycles. The van der Waals surface area contributed by atoms with Crippen molar-refractivity contribution < 1.29 is 28.9 Å². The number of aliphatic hydroxyl groups excluding tert-OH is 1. The molecule has 2 aromatic heterocycles. The number of nitrogens with zero attached hydrogens (tertiary/aromatic N) is 4. The summed E-state index contributed by atoms with van der Waals surface area (Å²) in [7, 11) is 1.78. The maximum absolute atomic E-state index is 14.1. The molecule has 0 aliphatic carbocycles. The van der Waals surface area contributed by atoms with Crippen LogP contribution in [0.3, 0.4) is 0 Å². The number of nitrogens with one attached hydrogen (secondary N) is 1. The van der Waals surface area contributed by atoms with Crippen molar-refractivity contribution >= 4 is 18.1 Å². The van der Waals surface area contributed by atoms with Gasteiger partial charge in [0.15, 0.2) is 5.82 Å². The highest BCUT2D eigenvalue weighted by atomic mass is 19.1. The summed E-state index contributed by atoms with van der Waals surface area (Å²) in [5.41, 5.74) is 0.161. The summed E-state index contributed by atoms with van der Waals surface area (Å²) in [4.78, 5) is 27.0. The molecule has 11 heteroatoms. The molecule has 10 nitrogen and oxygen atoms in total. The van der Waals surface area contributed by atoms with Gasteiger partial charge in [0.05, 0.1) is 34.8 Å². The quantitative estimate of drug-likeness (QED) is 0.581. The lowest BCUT2D eigenvalue weighted by atomic mass is 9.73. The molecule has 1 spiro atoms. The van der Waals surface area contributed by atoms with Crippen LogP contribution in [0.15, 0.2) is 24.7 Å². The average Bonchev–Trinajstić information content (AvgIpc) is 3.12. The van der Waals surface area contributed by atoms with Gasteiger partial charge in [-0.25, -0.2) is 4.39 Å². The van der Waals surface area contributed by atoms with Gasteiger partial charge in [0, 0.05) is 38.6 Å². The number of rotatable bonds is 3. The van der Waals surface area contributed by atoms with Crippen LogP contribution in [-0.2, 0) is 16.6 Å². The summed E-state index contributed by atoms with van der Waals surface area (Å²) >= 11 is 0. The predicted molar refractivity (Wildman–Crippen MR) is 117 cm³/mol. The number of carboxylic acid groups (broad SMARTS) is 1. The van der Waals surface area contributed by atoms with Gasteiger partial charge in [0.2, 0.25) is 0 Å². The SMILES string of the molecule is Cc1c(C(=O)N[C@]2(C)CCOC3(CCN(c4ccncc4F)CC3)[C@H]2O)cnn1C.O=CO. The molecular formula is C22H30FN5O5. The first kappa shape index (κ1) is 24.6. The van der Waals surface area contributed by atoms with Crippen molar-refractivity contribution in [3.8, 4) is 0 Å². The zero-order valence-corrected chi connectivity index (χ0v) is 19.0. The highest BCUT2D eigenvalue weighted by molar-refractivity contribution is 5.95. The number of carbonyl (C=O) groups excluding carboxylic acids is 1. The molecule has 0 bridgehead atoms. The van der Waals surface area contributed by atoms with E-state index in [-0.39, 0.29) is 18.2 Å². The Morgan fingerprint density at radius 3 is 2.58 bits per heavy atom. The fraction of sp³-hybridized carbons (Fsp3) is 0.545. The molecule has 0 unspecified atom stereocenters. The van der Waals surface area contributed by atoms with Crippen molar-refractivity contribution in [1.29, 1.82) is 0 Å². The second kappa shape index (κ2) is 9.84. The molecular weight excluding hydrogens is 433 g/mol. The Labute approximate surface area is 191 Å². The molecule has 2 fully saturated rings. The summed E-state index contributed by atoms with van der Waals surface area (Å²) in [5.74, 6) is -0.613. The molecule has 1 amide bonds. The predicted octanol–water partition coefficient (Wildman–Crippen LogP) is 1.27. The number of aryl methyl sites for hydroxylation is 1. The fourth-order valence-corrected chi connectivity index (χ4v) is 4.61. The first-order chi connectivity index (χ1) is 15.7. The highest BCUT2D eigenvalue weighted by Gasteiger charge is 2.54. The summed E-state index contributed by atoms with van der Waals surface area (Å²) in [6.07, 6.45) is 5.01. The fourth-order valence-electron chi connectivity index (χ4n) is 4.61. The van der Waals surface area contributed by atoms with Gasteiger partial charge in [-0.3, -0.25) is 19.3 Å². The Kier molecular flexibility index (Phi) is 7.33. The van der Waals surface area contributed by atoms with Gasteiger partial charge < -0.3 is 25.2 Å². The lowest BCUT2D eigenvalue weighted by molar-refractivity contribution is -0.195. The van der Waals surface area contributed by atoms with E-state index in [1.807, 2.05) is 18.7 Å². The minimum absolute atomic E-state index is 0.250. The largest absolute Gasteiger partial charge is 0.483 e. The normalized spacial score (nSPS) is 24.0. The summed E-state index contributed by atoms with van der Waals surface area (Å²) in [6, 6.07) is 1.66. The zero-order chi connectivity index (χ0) is 24.2. The Morgan fingerprint density at radius 1 is 1.33 bits per heavy atom. The molecule has 0 radical (unpaired) electrons. The number of piperidine rings is 1. The van der Waals surface area contributed by atoms with Gasteiger partial charge >= 0.3 is 0 Å². The Hall–Kier alpha value is -3.05. The van der Waals surface area contributed by atoms with E-state index < -0.39 is 17.2 Å². The lowest BCUT2D eigenvalue weighted by Crippen LogP contribution is -2.69. The van der Waals surface area contributed by atoms with Crippen LogP contribution >= 0.6 is 0 Å².